The fraction of sp³-hybridized carbons (Fsp3) is 0.929. The van der Waals surface area contributed by atoms with Crippen LogP contribution in [0.4, 0.5) is 0 Å². The van der Waals surface area contributed by atoms with Crippen molar-refractivity contribution in [2.45, 2.75) is 44.1 Å². The van der Waals surface area contributed by atoms with E-state index in [-0.39, 0.29) is 0 Å². The Kier molecular flexibility index (Phi) is 3.47. The molecule has 0 aliphatic heterocycles. The zero-order chi connectivity index (χ0) is 12.5. The van der Waals surface area contributed by atoms with Crippen molar-refractivity contribution in [3.8, 4) is 6.07 Å². The quantitative estimate of drug-likeness (QED) is 0.706. The fourth-order valence-electron chi connectivity index (χ4n) is 3.20. The molecule has 0 atom stereocenters. The lowest BCUT2D eigenvalue weighted by Gasteiger charge is -2.49. The predicted molar refractivity (Wildman–Crippen MR) is 69.7 cm³/mol. The molecule has 0 aromatic carbocycles. The lowest BCUT2D eigenvalue weighted by Crippen LogP contribution is -2.57. The largest absolute Gasteiger partial charge is 0.304 e. The second kappa shape index (κ2) is 4.59. The van der Waals surface area contributed by atoms with Gasteiger partial charge in [-0.3, -0.25) is 0 Å². The Morgan fingerprint density at radius 3 is 2.06 bits per heavy atom. The van der Waals surface area contributed by atoms with Crippen LogP contribution in [0.1, 0.15) is 38.5 Å². The van der Waals surface area contributed by atoms with Gasteiger partial charge in [-0.05, 0) is 58.7 Å². The van der Waals surface area contributed by atoms with Crippen molar-refractivity contribution >= 4 is 0 Å². The van der Waals surface area contributed by atoms with Crippen LogP contribution in [0.25, 0.3) is 0 Å². The monoisotopic (exact) mass is 235 g/mol. The van der Waals surface area contributed by atoms with Crippen molar-refractivity contribution < 1.29 is 0 Å². The molecule has 0 unspecified atom stereocenters. The maximum Gasteiger partial charge on any atom is 0.0628 e. The van der Waals surface area contributed by atoms with Crippen LogP contribution in [0, 0.1) is 16.7 Å². The number of hydrogen-bond acceptors (Lipinski definition) is 3. The molecule has 96 valence electrons. The zero-order valence-corrected chi connectivity index (χ0v) is 11.5. The lowest BCUT2D eigenvalue weighted by atomic mass is 9.75. The Hall–Kier alpha value is -0.590. The number of nitriles is 1. The Balaban J connectivity index is 1.85. The molecule has 2 saturated carbocycles. The van der Waals surface area contributed by atoms with Gasteiger partial charge in [0.05, 0.1) is 6.07 Å². The van der Waals surface area contributed by atoms with E-state index in [0.29, 0.717) is 11.0 Å². The van der Waals surface area contributed by atoms with Crippen LogP contribution in [-0.4, -0.2) is 49.6 Å². The third-order valence-electron chi connectivity index (χ3n) is 4.81. The lowest BCUT2D eigenvalue weighted by molar-refractivity contribution is 0.0230. The van der Waals surface area contributed by atoms with Crippen molar-refractivity contribution in [3.05, 3.63) is 0 Å². The summed E-state index contributed by atoms with van der Waals surface area (Å²) in [5.41, 5.74) is 0.762. The molecule has 0 bridgehead atoms. The van der Waals surface area contributed by atoms with E-state index < -0.39 is 0 Å². The molecule has 17 heavy (non-hydrogen) atoms. The van der Waals surface area contributed by atoms with Crippen LogP contribution < -0.4 is 0 Å². The molecule has 0 spiro atoms. The highest BCUT2D eigenvalue weighted by molar-refractivity contribution is 5.03. The summed E-state index contributed by atoms with van der Waals surface area (Å²) in [6.45, 7) is 2.27. The first kappa shape index (κ1) is 12.9. The number of nitrogens with zero attached hydrogens (tertiary/aromatic N) is 3. The molecule has 0 amide bonds. The molecule has 0 aromatic rings. The van der Waals surface area contributed by atoms with Crippen molar-refractivity contribution in [1.82, 2.24) is 9.80 Å². The maximum atomic E-state index is 8.86. The molecule has 2 aliphatic rings. The van der Waals surface area contributed by atoms with E-state index in [4.69, 9.17) is 5.26 Å². The first-order valence-electron chi connectivity index (χ1n) is 6.75. The minimum atomic E-state index is 0.348. The summed E-state index contributed by atoms with van der Waals surface area (Å²) < 4.78 is 0. The molecular formula is C14H25N3. The Morgan fingerprint density at radius 1 is 1.06 bits per heavy atom. The van der Waals surface area contributed by atoms with Gasteiger partial charge in [-0.1, -0.05) is 0 Å². The van der Waals surface area contributed by atoms with Gasteiger partial charge in [0.25, 0.3) is 0 Å². The molecule has 3 nitrogen and oxygen atoms in total. The fourth-order valence-corrected chi connectivity index (χ4v) is 3.20. The van der Waals surface area contributed by atoms with Gasteiger partial charge in [0, 0.05) is 25.0 Å². The van der Waals surface area contributed by atoms with Crippen LogP contribution in [0.15, 0.2) is 0 Å². The number of rotatable bonds is 6. The molecule has 2 rings (SSSR count). The second-order valence-corrected chi connectivity index (χ2v) is 6.48. The highest BCUT2D eigenvalue weighted by Gasteiger charge is 2.45. The van der Waals surface area contributed by atoms with E-state index in [0.717, 1.165) is 19.5 Å². The van der Waals surface area contributed by atoms with Gasteiger partial charge in [0.1, 0.15) is 0 Å². The number of likely N-dealkylation sites (N-methyl/N-ethyl adjacent to an activating group) is 2. The third-order valence-corrected chi connectivity index (χ3v) is 4.81. The van der Waals surface area contributed by atoms with Gasteiger partial charge in [-0.2, -0.15) is 5.26 Å². The molecule has 0 saturated heterocycles. The molecule has 0 radical (unpaired) electrons. The first-order valence-corrected chi connectivity index (χ1v) is 6.75. The van der Waals surface area contributed by atoms with Crippen molar-refractivity contribution in [2.75, 3.05) is 34.2 Å². The van der Waals surface area contributed by atoms with Crippen LogP contribution in [0.3, 0.4) is 0 Å². The summed E-state index contributed by atoms with van der Waals surface area (Å²) in [6.07, 6.45) is 7.27. The molecular weight excluding hydrogens is 210 g/mol. The smallest absolute Gasteiger partial charge is 0.0628 e. The molecule has 3 heteroatoms. The van der Waals surface area contributed by atoms with E-state index in [1.807, 2.05) is 0 Å². The van der Waals surface area contributed by atoms with Gasteiger partial charge in [-0.15, -0.1) is 0 Å². The molecule has 2 fully saturated rings. The SMILES string of the molecule is CN(CC1(CC#N)CC1)CC1(N(C)C)CCC1. The van der Waals surface area contributed by atoms with E-state index >= 15 is 0 Å². The normalized spacial score (nSPS) is 24.5. The first-order chi connectivity index (χ1) is 8.02. The molecule has 0 N–H and O–H groups in total. The highest BCUT2D eigenvalue weighted by atomic mass is 15.2. The van der Waals surface area contributed by atoms with Crippen molar-refractivity contribution in [2.24, 2.45) is 5.41 Å². The van der Waals surface area contributed by atoms with Crippen LogP contribution >= 0.6 is 0 Å². The van der Waals surface area contributed by atoms with Gasteiger partial charge in [-0.25, -0.2) is 0 Å². The summed E-state index contributed by atoms with van der Waals surface area (Å²) >= 11 is 0. The van der Waals surface area contributed by atoms with Crippen LogP contribution in [0.2, 0.25) is 0 Å². The second-order valence-electron chi connectivity index (χ2n) is 6.48. The minimum Gasteiger partial charge on any atom is -0.304 e. The third kappa shape index (κ3) is 2.64. The summed E-state index contributed by atoms with van der Waals surface area (Å²) in [6, 6.07) is 2.35. The predicted octanol–water partition coefficient (Wildman–Crippen LogP) is 2.10. The standard InChI is InChI=1S/C14H25N3/c1-16(2)14(5-4-6-14)12-17(3)11-13(7-8-13)9-10-15/h4-9,11-12H2,1-3H3. The van der Waals surface area contributed by atoms with Crippen LogP contribution in [0.5, 0.6) is 0 Å². The molecule has 2 aliphatic carbocycles. The molecule has 0 heterocycles. The van der Waals surface area contributed by atoms with Crippen LogP contribution in [-0.2, 0) is 0 Å². The Morgan fingerprint density at radius 2 is 1.71 bits per heavy atom. The van der Waals surface area contributed by atoms with Gasteiger partial charge >= 0.3 is 0 Å². The maximum absolute atomic E-state index is 8.86. The minimum absolute atomic E-state index is 0.348. The van der Waals surface area contributed by atoms with E-state index in [1.54, 1.807) is 0 Å². The van der Waals surface area contributed by atoms with E-state index in [9.17, 15) is 0 Å². The summed E-state index contributed by atoms with van der Waals surface area (Å²) in [4.78, 5) is 4.86. The van der Waals surface area contributed by atoms with Gasteiger partial charge < -0.3 is 9.80 Å². The van der Waals surface area contributed by atoms with E-state index in [2.05, 4.69) is 37.0 Å². The summed E-state index contributed by atoms with van der Waals surface area (Å²) in [5, 5.41) is 8.86. The van der Waals surface area contributed by atoms with E-state index in [1.165, 1.54) is 32.1 Å². The number of hydrogen-bond donors (Lipinski definition) is 0. The summed E-state index contributed by atoms with van der Waals surface area (Å²) in [7, 11) is 6.63. The average Bonchev–Trinajstić information content (AvgIpc) is 2.91. The zero-order valence-electron chi connectivity index (χ0n) is 11.5. The Bertz CT molecular complexity index is 308. The Labute approximate surface area is 105 Å². The summed E-state index contributed by atoms with van der Waals surface area (Å²) in [5.74, 6) is 0. The average molecular weight is 235 g/mol. The molecule has 0 aromatic heterocycles. The topological polar surface area (TPSA) is 30.3 Å². The van der Waals surface area contributed by atoms with Crippen molar-refractivity contribution in [3.63, 3.8) is 0 Å². The van der Waals surface area contributed by atoms with Gasteiger partial charge in [0.2, 0.25) is 0 Å². The van der Waals surface area contributed by atoms with Crippen molar-refractivity contribution in [1.29, 1.82) is 5.26 Å². The highest BCUT2D eigenvalue weighted by Crippen LogP contribution is 2.49. The van der Waals surface area contributed by atoms with Gasteiger partial charge in [0.15, 0.2) is 0 Å².